The Balaban J connectivity index is 1.36. The van der Waals surface area contributed by atoms with Crippen LogP contribution < -0.4 is 5.32 Å². The molecule has 2 aliphatic heterocycles. The molecule has 1 saturated heterocycles. The molecule has 156 valence electrons. The third-order valence-electron chi connectivity index (χ3n) is 5.34. The van der Waals surface area contributed by atoms with Gasteiger partial charge in [-0.1, -0.05) is 28.8 Å². The van der Waals surface area contributed by atoms with Gasteiger partial charge in [-0.3, -0.25) is 24.1 Å². The third-order valence-corrected chi connectivity index (χ3v) is 5.83. The summed E-state index contributed by atoms with van der Waals surface area (Å²) in [5, 5.41) is 2.76. The van der Waals surface area contributed by atoms with E-state index in [0.717, 1.165) is 30.4 Å². The maximum atomic E-state index is 12.4. The standard InChI is InChI=1S/C21H26BrN3O4/c22-15-7-8-16-17(14-15)21(29)25(20(16)28)13-5-6-18(26)23-10-9-19(27)24-11-3-1-2-4-12-24/h7-8,14H,1-6,9-13H2,(H,23,26). The molecule has 3 rings (SSSR count). The van der Waals surface area contributed by atoms with E-state index in [-0.39, 0.29) is 36.6 Å². The lowest BCUT2D eigenvalue weighted by molar-refractivity contribution is -0.131. The van der Waals surface area contributed by atoms with Crippen molar-refractivity contribution in [2.45, 2.75) is 44.9 Å². The first-order valence-corrected chi connectivity index (χ1v) is 11.0. The second kappa shape index (κ2) is 10.0. The molecule has 7 nitrogen and oxygen atoms in total. The van der Waals surface area contributed by atoms with Crippen LogP contribution in [0, 0.1) is 0 Å². The van der Waals surface area contributed by atoms with Gasteiger partial charge >= 0.3 is 0 Å². The lowest BCUT2D eigenvalue weighted by Gasteiger charge is -2.20. The number of carbonyl (C=O) groups is 4. The van der Waals surface area contributed by atoms with Gasteiger partial charge in [-0.05, 0) is 37.5 Å². The van der Waals surface area contributed by atoms with Crippen LogP contribution in [0.5, 0.6) is 0 Å². The smallest absolute Gasteiger partial charge is 0.261 e. The van der Waals surface area contributed by atoms with Gasteiger partial charge in [0.15, 0.2) is 0 Å². The lowest BCUT2D eigenvalue weighted by atomic mass is 10.1. The molecule has 1 N–H and O–H groups in total. The Morgan fingerprint density at radius 2 is 1.66 bits per heavy atom. The topological polar surface area (TPSA) is 86.8 Å². The molecule has 0 atom stereocenters. The van der Waals surface area contributed by atoms with E-state index in [1.807, 2.05) is 4.90 Å². The number of rotatable bonds is 7. The van der Waals surface area contributed by atoms with Gasteiger partial charge in [0.25, 0.3) is 11.8 Å². The fourth-order valence-electron chi connectivity index (χ4n) is 3.74. The summed E-state index contributed by atoms with van der Waals surface area (Å²) in [6, 6.07) is 5.01. The fraction of sp³-hybridized carbons (Fsp3) is 0.524. The van der Waals surface area contributed by atoms with Crippen LogP contribution in [0.4, 0.5) is 0 Å². The number of imide groups is 1. The van der Waals surface area contributed by atoms with Crippen molar-refractivity contribution in [3.63, 3.8) is 0 Å². The molecule has 8 heteroatoms. The van der Waals surface area contributed by atoms with Crippen LogP contribution in [0.1, 0.15) is 65.7 Å². The molecule has 0 aliphatic carbocycles. The van der Waals surface area contributed by atoms with Gasteiger partial charge in [0, 0.05) is 43.5 Å². The van der Waals surface area contributed by atoms with Crippen molar-refractivity contribution < 1.29 is 19.2 Å². The quantitative estimate of drug-likeness (QED) is 0.629. The minimum Gasteiger partial charge on any atom is -0.356 e. The monoisotopic (exact) mass is 463 g/mol. The number of nitrogens with zero attached hydrogens (tertiary/aromatic N) is 2. The molecule has 0 spiro atoms. The van der Waals surface area contributed by atoms with Crippen molar-refractivity contribution in [2.75, 3.05) is 26.2 Å². The number of hydrogen-bond donors (Lipinski definition) is 1. The summed E-state index contributed by atoms with van der Waals surface area (Å²) in [5.74, 6) is -0.729. The van der Waals surface area contributed by atoms with Crippen molar-refractivity contribution in [3.8, 4) is 0 Å². The highest BCUT2D eigenvalue weighted by atomic mass is 79.9. The molecule has 2 heterocycles. The van der Waals surface area contributed by atoms with E-state index < -0.39 is 0 Å². The average Bonchev–Trinajstić information content (AvgIpc) is 2.90. The Kier molecular flexibility index (Phi) is 7.41. The van der Waals surface area contributed by atoms with E-state index in [4.69, 9.17) is 0 Å². The van der Waals surface area contributed by atoms with Crippen LogP contribution in [-0.2, 0) is 9.59 Å². The predicted molar refractivity (Wildman–Crippen MR) is 111 cm³/mol. The minimum atomic E-state index is -0.324. The van der Waals surface area contributed by atoms with Crippen molar-refractivity contribution >= 4 is 39.6 Å². The Hall–Kier alpha value is -2.22. The molecular formula is C21H26BrN3O4. The molecule has 0 radical (unpaired) electrons. The minimum absolute atomic E-state index is 0.0874. The van der Waals surface area contributed by atoms with Crippen LogP contribution in [0.25, 0.3) is 0 Å². The Morgan fingerprint density at radius 3 is 2.38 bits per heavy atom. The van der Waals surface area contributed by atoms with Crippen LogP contribution in [-0.4, -0.2) is 59.6 Å². The number of nitrogens with one attached hydrogen (secondary N) is 1. The maximum Gasteiger partial charge on any atom is 0.261 e. The molecule has 0 bridgehead atoms. The third kappa shape index (κ3) is 5.44. The predicted octanol–water partition coefficient (Wildman–Crippen LogP) is 2.73. The average molecular weight is 464 g/mol. The van der Waals surface area contributed by atoms with E-state index in [1.165, 1.54) is 17.7 Å². The molecular weight excluding hydrogens is 438 g/mol. The van der Waals surface area contributed by atoms with Gasteiger partial charge in [0.2, 0.25) is 11.8 Å². The van der Waals surface area contributed by atoms with Crippen molar-refractivity contribution in [3.05, 3.63) is 33.8 Å². The van der Waals surface area contributed by atoms with Gasteiger partial charge in [0.05, 0.1) is 11.1 Å². The summed E-state index contributed by atoms with van der Waals surface area (Å²) in [5.41, 5.74) is 0.788. The van der Waals surface area contributed by atoms with Crippen LogP contribution in [0.15, 0.2) is 22.7 Å². The largest absolute Gasteiger partial charge is 0.356 e. The van der Waals surface area contributed by atoms with E-state index in [0.29, 0.717) is 30.5 Å². The summed E-state index contributed by atoms with van der Waals surface area (Å²) >= 11 is 3.31. The van der Waals surface area contributed by atoms with E-state index in [2.05, 4.69) is 21.2 Å². The number of fused-ring (bicyclic) bond motifs is 1. The van der Waals surface area contributed by atoms with Gasteiger partial charge in [-0.15, -0.1) is 0 Å². The molecule has 4 amide bonds. The molecule has 1 aromatic carbocycles. The van der Waals surface area contributed by atoms with Crippen molar-refractivity contribution in [1.82, 2.24) is 15.1 Å². The van der Waals surface area contributed by atoms with E-state index in [1.54, 1.807) is 18.2 Å². The lowest BCUT2D eigenvalue weighted by Crippen LogP contribution is -2.35. The summed E-state index contributed by atoms with van der Waals surface area (Å²) in [6.07, 6.45) is 5.34. The second-order valence-corrected chi connectivity index (χ2v) is 8.37. The maximum absolute atomic E-state index is 12.4. The van der Waals surface area contributed by atoms with Crippen LogP contribution >= 0.6 is 15.9 Å². The molecule has 0 saturated carbocycles. The normalized spacial score (nSPS) is 16.6. The van der Waals surface area contributed by atoms with Crippen molar-refractivity contribution in [1.29, 1.82) is 0 Å². The molecule has 0 unspecified atom stereocenters. The summed E-state index contributed by atoms with van der Waals surface area (Å²) in [7, 11) is 0. The Labute approximate surface area is 178 Å². The highest BCUT2D eigenvalue weighted by Crippen LogP contribution is 2.26. The number of carbonyl (C=O) groups excluding carboxylic acids is 4. The number of benzene rings is 1. The first kappa shape index (κ1) is 21.5. The zero-order valence-electron chi connectivity index (χ0n) is 16.4. The first-order chi connectivity index (χ1) is 14.0. The first-order valence-electron chi connectivity index (χ1n) is 10.2. The molecule has 2 aliphatic rings. The van der Waals surface area contributed by atoms with Crippen LogP contribution in [0.2, 0.25) is 0 Å². The molecule has 1 aromatic rings. The number of likely N-dealkylation sites (tertiary alicyclic amines) is 1. The Morgan fingerprint density at radius 1 is 0.966 bits per heavy atom. The zero-order chi connectivity index (χ0) is 20.8. The SMILES string of the molecule is O=C(CCCN1C(=O)c2ccc(Br)cc2C1=O)NCCC(=O)N1CCCCCC1. The van der Waals surface area contributed by atoms with E-state index >= 15 is 0 Å². The number of amides is 4. The molecule has 29 heavy (non-hydrogen) atoms. The van der Waals surface area contributed by atoms with Crippen molar-refractivity contribution in [2.24, 2.45) is 0 Å². The highest BCUT2D eigenvalue weighted by Gasteiger charge is 2.35. The highest BCUT2D eigenvalue weighted by molar-refractivity contribution is 9.10. The van der Waals surface area contributed by atoms with Gasteiger partial charge in [-0.2, -0.15) is 0 Å². The van der Waals surface area contributed by atoms with Gasteiger partial charge < -0.3 is 10.2 Å². The Bertz CT molecular complexity index is 803. The second-order valence-electron chi connectivity index (χ2n) is 7.45. The van der Waals surface area contributed by atoms with Crippen LogP contribution in [0.3, 0.4) is 0 Å². The fourth-order valence-corrected chi connectivity index (χ4v) is 4.10. The number of hydrogen-bond acceptors (Lipinski definition) is 4. The van der Waals surface area contributed by atoms with E-state index in [9.17, 15) is 19.2 Å². The molecule has 1 fully saturated rings. The summed E-state index contributed by atoms with van der Waals surface area (Å²) in [6.45, 7) is 2.13. The van der Waals surface area contributed by atoms with Gasteiger partial charge in [-0.25, -0.2) is 0 Å². The molecule has 0 aromatic heterocycles. The summed E-state index contributed by atoms with van der Waals surface area (Å²) < 4.78 is 0.744. The zero-order valence-corrected chi connectivity index (χ0v) is 18.0. The summed E-state index contributed by atoms with van der Waals surface area (Å²) in [4.78, 5) is 52.1. The van der Waals surface area contributed by atoms with Gasteiger partial charge in [0.1, 0.15) is 0 Å². The number of halogens is 1.